The average Bonchev–Trinajstić information content (AvgIpc) is 3.58. The Hall–Kier alpha value is -5.05. The van der Waals surface area contributed by atoms with E-state index in [4.69, 9.17) is 42.6 Å². The molecule has 2 heterocycles. The van der Waals surface area contributed by atoms with Crippen molar-refractivity contribution in [3.05, 3.63) is 12.3 Å². The van der Waals surface area contributed by atoms with Gasteiger partial charge in [0.2, 0.25) is 5.82 Å². The van der Waals surface area contributed by atoms with Crippen molar-refractivity contribution in [2.75, 3.05) is 57.6 Å². The number of allylic oxidation sites excluding steroid dienone is 1. The molecule has 308 valence electrons. The summed E-state index contributed by atoms with van der Waals surface area (Å²) in [7, 11) is 0. The molecule has 1 aliphatic heterocycles. The van der Waals surface area contributed by atoms with E-state index in [1.165, 1.54) is 39.5 Å². The first-order chi connectivity index (χ1) is 25.7. The SMILES string of the molecule is C=C(C)OC(C)C(=O)OC(C)C(=O)OCC(=O)O[C@H](COc1nsnc1N1CCOCC1)CN(C(=O)COC(=O)C(C)OC(=O)C(C)OC(C)=O)C(C)(C)C. The van der Waals surface area contributed by atoms with Crippen LogP contribution >= 0.6 is 11.7 Å². The van der Waals surface area contributed by atoms with Crippen molar-refractivity contribution in [1.82, 2.24) is 13.6 Å². The lowest BCUT2D eigenvalue weighted by molar-refractivity contribution is -0.178. The standard InChI is InChI=1S/C34H50N4O16S/c1-19(2)50-22(5)32(44)52-21(4)31(43)49-18-27(41)54-25(16-47-29-28(35-55-36-29)37-11-13-46-14-12-37)15-38(34(8,9)10)26(40)17-48-30(42)20(3)53-33(45)23(6)51-24(7)39/h20-23,25H,1,11-18H2,2-10H3/t20?,21?,22?,23?,25-/m0/s1. The fourth-order valence-electron chi connectivity index (χ4n) is 4.56. The number of aromatic nitrogens is 2. The molecular formula is C34H50N4O16S. The van der Waals surface area contributed by atoms with E-state index in [0.717, 1.165) is 18.7 Å². The van der Waals surface area contributed by atoms with Gasteiger partial charge in [-0.05, 0) is 55.4 Å². The zero-order valence-corrected chi connectivity index (χ0v) is 33.3. The average molecular weight is 803 g/mol. The first-order valence-electron chi connectivity index (χ1n) is 17.2. The van der Waals surface area contributed by atoms with E-state index in [1.54, 1.807) is 20.8 Å². The molecule has 0 aromatic carbocycles. The highest BCUT2D eigenvalue weighted by atomic mass is 32.1. The third-order valence-corrected chi connectivity index (χ3v) is 7.76. The Bertz CT molecular complexity index is 1520. The summed E-state index contributed by atoms with van der Waals surface area (Å²) in [5.41, 5.74) is -0.941. The minimum Gasteiger partial charge on any atom is -0.484 e. The van der Waals surface area contributed by atoms with Gasteiger partial charge >= 0.3 is 35.8 Å². The number of carbonyl (C=O) groups is 7. The number of hydrogen-bond acceptors (Lipinski definition) is 20. The van der Waals surface area contributed by atoms with Crippen LogP contribution in [-0.4, -0.2) is 144 Å². The van der Waals surface area contributed by atoms with E-state index in [9.17, 15) is 33.6 Å². The first kappa shape index (κ1) is 46.1. The van der Waals surface area contributed by atoms with Gasteiger partial charge in [-0.2, -0.15) is 4.37 Å². The summed E-state index contributed by atoms with van der Waals surface area (Å²) < 4.78 is 55.5. The highest BCUT2D eigenvalue weighted by Crippen LogP contribution is 2.27. The zero-order chi connectivity index (χ0) is 41.5. The summed E-state index contributed by atoms with van der Waals surface area (Å²) in [5, 5.41) is 0. The molecule has 20 nitrogen and oxygen atoms in total. The number of rotatable bonds is 20. The summed E-state index contributed by atoms with van der Waals surface area (Å²) in [4.78, 5) is 90.3. The van der Waals surface area contributed by atoms with Gasteiger partial charge in [-0.15, -0.1) is 4.37 Å². The van der Waals surface area contributed by atoms with Crippen molar-refractivity contribution in [2.45, 2.75) is 98.4 Å². The molecule has 1 aromatic heterocycles. The van der Waals surface area contributed by atoms with Gasteiger partial charge in [-0.1, -0.05) is 6.58 Å². The van der Waals surface area contributed by atoms with Crippen molar-refractivity contribution in [3.8, 4) is 5.88 Å². The predicted molar refractivity (Wildman–Crippen MR) is 189 cm³/mol. The Morgan fingerprint density at radius 2 is 1.31 bits per heavy atom. The Morgan fingerprint density at radius 3 is 1.84 bits per heavy atom. The molecule has 21 heteroatoms. The van der Waals surface area contributed by atoms with E-state index >= 15 is 0 Å². The van der Waals surface area contributed by atoms with Crippen LogP contribution in [0, 0.1) is 0 Å². The normalized spacial score (nSPS) is 15.5. The highest BCUT2D eigenvalue weighted by molar-refractivity contribution is 6.99. The van der Waals surface area contributed by atoms with Gasteiger partial charge < -0.3 is 52.4 Å². The summed E-state index contributed by atoms with van der Waals surface area (Å²) in [6.07, 6.45) is -6.37. The third-order valence-electron chi connectivity index (χ3n) is 7.26. The topological polar surface area (TPSA) is 235 Å². The largest absolute Gasteiger partial charge is 0.484 e. The molecule has 0 N–H and O–H groups in total. The predicted octanol–water partition coefficient (Wildman–Crippen LogP) is 1.13. The van der Waals surface area contributed by atoms with Crippen LogP contribution in [0.25, 0.3) is 0 Å². The fraction of sp³-hybridized carbons (Fsp3) is 0.676. The second-order valence-corrected chi connectivity index (χ2v) is 13.7. The molecule has 0 saturated carbocycles. The first-order valence-corrected chi connectivity index (χ1v) is 17.9. The summed E-state index contributed by atoms with van der Waals surface area (Å²) in [6.45, 7) is 16.0. The number of morpholine rings is 1. The van der Waals surface area contributed by atoms with Gasteiger partial charge in [0, 0.05) is 25.6 Å². The Kier molecular flexibility index (Phi) is 18.2. The smallest absolute Gasteiger partial charge is 0.347 e. The van der Waals surface area contributed by atoms with Crippen molar-refractivity contribution in [1.29, 1.82) is 0 Å². The summed E-state index contributed by atoms with van der Waals surface area (Å²) in [5.74, 6) is -5.57. The molecule has 4 unspecified atom stereocenters. The van der Waals surface area contributed by atoms with Gasteiger partial charge in [0.1, 0.15) is 6.61 Å². The van der Waals surface area contributed by atoms with E-state index < -0.39 is 91.0 Å². The van der Waals surface area contributed by atoms with Crippen LogP contribution < -0.4 is 9.64 Å². The number of nitrogens with zero attached hydrogens (tertiary/aromatic N) is 4. The van der Waals surface area contributed by atoms with E-state index in [0.29, 0.717) is 32.1 Å². The quantitative estimate of drug-likeness (QED) is 0.102. The highest BCUT2D eigenvalue weighted by Gasteiger charge is 2.34. The van der Waals surface area contributed by atoms with Crippen LogP contribution in [0.1, 0.15) is 62.3 Å². The van der Waals surface area contributed by atoms with Gasteiger partial charge in [-0.3, -0.25) is 9.59 Å². The van der Waals surface area contributed by atoms with Crippen LogP contribution in [0.4, 0.5) is 5.82 Å². The van der Waals surface area contributed by atoms with Crippen molar-refractivity contribution in [2.24, 2.45) is 0 Å². The number of hydrogen-bond donors (Lipinski definition) is 0. The zero-order valence-electron chi connectivity index (χ0n) is 32.5. The van der Waals surface area contributed by atoms with Crippen LogP contribution in [0.5, 0.6) is 5.88 Å². The fourth-order valence-corrected chi connectivity index (χ4v) is 5.08. The lowest BCUT2D eigenvalue weighted by Crippen LogP contribution is -2.52. The molecule has 1 aromatic rings. The van der Waals surface area contributed by atoms with E-state index in [-0.39, 0.29) is 24.8 Å². The van der Waals surface area contributed by atoms with E-state index in [2.05, 4.69) is 15.3 Å². The lowest BCUT2D eigenvalue weighted by Gasteiger charge is -2.37. The molecule has 2 rings (SSSR count). The van der Waals surface area contributed by atoms with Crippen molar-refractivity contribution < 1.29 is 76.2 Å². The molecular weight excluding hydrogens is 752 g/mol. The van der Waals surface area contributed by atoms with Crippen LogP contribution in [0.2, 0.25) is 0 Å². The minimum atomic E-state index is -1.45. The second kappa shape index (κ2) is 21.7. The van der Waals surface area contributed by atoms with Gasteiger partial charge in [0.05, 0.1) is 37.2 Å². The molecule has 55 heavy (non-hydrogen) atoms. The maximum Gasteiger partial charge on any atom is 0.347 e. The number of ether oxygens (including phenoxy) is 9. The van der Waals surface area contributed by atoms with Crippen LogP contribution in [-0.2, 0) is 71.5 Å². The molecule has 0 spiro atoms. The molecule has 1 saturated heterocycles. The van der Waals surface area contributed by atoms with Gasteiger partial charge in [-0.25, -0.2) is 24.0 Å². The summed E-state index contributed by atoms with van der Waals surface area (Å²) in [6, 6.07) is 0. The molecule has 1 aliphatic rings. The van der Waals surface area contributed by atoms with Crippen molar-refractivity contribution in [3.63, 3.8) is 0 Å². The monoisotopic (exact) mass is 802 g/mol. The molecule has 0 bridgehead atoms. The minimum absolute atomic E-state index is 0.147. The number of amides is 1. The molecule has 1 fully saturated rings. The van der Waals surface area contributed by atoms with Gasteiger partial charge in [0.25, 0.3) is 11.8 Å². The second-order valence-electron chi connectivity index (χ2n) is 13.2. The molecule has 0 radical (unpaired) electrons. The Labute approximate surface area is 322 Å². The maximum absolute atomic E-state index is 13.5. The van der Waals surface area contributed by atoms with Crippen LogP contribution in [0.3, 0.4) is 0 Å². The maximum atomic E-state index is 13.5. The summed E-state index contributed by atoms with van der Waals surface area (Å²) >= 11 is 0.903. The number of carbonyl (C=O) groups excluding carboxylic acids is 7. The molecule has 1 amide bonds. The molecule has 5 atom stereocenters. The van der Waals surface area contributed by atoms with Gasteiger partial charge in [0.15, 0.2) is 43.7 Å². The molecule has 0 aliphatic carbocycles. The third kappa shape index (κ3) is 16.1. The van der Waals surface area contributed by atoms with Crippen LogP contribution in [0.15, 0.2) is 12.3 Å². The number of anilines is 1. The van der Waals surface area contributed by atoms with Crippen molar-refractivity contribution >= 4 is 59.3 Å². The Morgan fingerprint density at radius 1 is 0.782 bits per heavy atom. The Balaban J connectivity index is 2.16. The van der Waals surface area contributed by atoms with E-state index in [1.807, 2.05) is 4.90 Å². The number of esters is 6. The lowest BCUT2D eigenvalue weighted by atomic mass is 10.1.